The molecule has 0 fully saturated rings. The van der Waals surface area contributed by atoms with Crippen LogP contribution in [0.5, 0.6) is 0 Å². The minimum atomic E-state index is -1.35. The molecule has 2 aromatic rings. The fourth-order valence-corrected chi connectivity index (χ4v) is 2.06. The molecule has 0 spiro atoms. The third-order valence-electron chi connectivity index (χ3n) is 3.24. The monoisotopic (exact) mass is 334 g/mol. The summed E-state index contributed by atoms with van der Waals surface area (Å²) in [6.07, 6.45) is -0.666. The van der Waals surface area contributed by atoms with Gasteiger partial charge in [-0.2, -0.15) is 0 Å². The summed E-state index contributed by atoms with van der Waals surface area (Å²) in [5, 5.41) is 20.0. The van der Waals surface area contributed by atoms with Gasteiger partial charge in [-0.05, 0) is 24.6 Å². The Labute approximate surface area is 134 Å². The Bertz CT molecular complexity index is 875. The Balaban J connectivity index is 2.25. The summed E-state index contributed by atoms with van der Waals surface area (Å²) in [7, 11) is 0. The first-order valence-corrected chi connectivity index (χ1v) is 6.83. The van der Waals surface area contributed by atoms with Crippen molar-refractivity contribution >= 4 is 34.7 Å². The van der Waals surface area contributed by atoms with Crippen LogP contribution in [0, 0.1) is 0 Å². The highest BCUT2D eigenvalue weighted by atomic mass is 16.4. The number of nitrogens with zero attached hydrogens (tertiary/aromatic N) is 1. The number of aromatic amines is 1. The number of nitrogens with two attached hydrogens (primary N) is 1. The predicted octanol–water partition coefficient (Wildman–Crippen LogP) is -0.447. The number of carboxylic acids is 2. The molecule has 10 heteroatoms. The molecule has 6 N–H and O–H groups in total. The molecule has 0 aliphatic heterocycles. The van der Waals surface area contributed by atoms with Gasteiger partial charge in [0.15, 0.2) is 0 Å². The molecule has 0 saturated heterocycles. The number of amides is 1. The van der Waals surface area contributed by atoms with Gasteiger partial charge in [0.25, 0.3) is 11.5 Å². The third-order valence-corrected chi connectivity index (χ3v) is 3.24. The lowest BCUT2D eigenvalue weighted by Gasteiger charge is -2.13. The largest absolute Gasteiger partial charge is 0.481 e. The molecule has 1 amide bonds. The van der Waals surface area contributed by atoms with Crippen LogP contribution < -0.4 is 16.6 Å². The van der Waals surface area contributed by atoms with E-state index in [4.69, 9.17) is 15.9 Å². The summed E-state index contributed by atoms with van der Waals surface area (Å²) < 4.78 is 0. The molecule has 24 heavy (non-hydrogen) atoms. The third kappa shape index (κ3) is 3.85. The number of anilines is 1. The van der Waals surface area contributed by atoms with Crippen LogP contribution in [0.25, 0.3) is 10.9 Å². The highest BCUT2D eigenvalue weighted by Crippen LogP contribution is 2.11. The maximum Gasteiger partial charge on any atom is 0.326 e. The minimum absolute atomic E-state index is 0.0427. The number of hydrogen-bond acceptors (Lipinski definition) is 6. The molecule has 1 unspecified atom stereocenters. The van der Waals surface area contributed by atoms with Crippen LogP contribution in [0.3, 0.4) is 0 Å². The van der Waals surface area contributed by atoms with E-state index < -0.39 is 35.9 Å². The second-order valence-corrected chi connectivity index (χ2v) is 4.98. The van der Waals surface area contributed by atoms with Crippen LogP contribution in [0.4, 0.5) is 5.95 Å². The normalized spacial score (nSPS) is 11.8. The van der Waals surface area contributed by atoms with Gasteiger partial charge in [-0.15, -0.1) is 0 Å². The van der Waals surface area contributed by atoms with Gasteiger partial charge in [-0.3, -0.25) is 19.4 Å². The van der Waals surface area contributed by atoms with E-state index in [-0.39, 0.29) is 28.8 Å². The lowest BCUT2D eigenvalue weighted by atomic mass is 10.1. The molecule has 0 radical (unpaired) electrons. The van der Waals surface area contributed by atoms with E-state index >= 15 is 0 Å². The number of nitrogen functional groups attached to an aromatic ring is 1. The molecule has 10 nitrogen and oxygen atoms in total. The summed E-state index contributed by atoms with van der Waals surface area (Å²) >= 11 is 0. The van der Waals surface area contributed by atoms with Crippen molar-refractivity contribution < 1.29 is 24.6 Å². The molecule has 1 aromatic carbocycles. The highest BCUT2D eigenvalue weighted by Gasteiger charge is 2.22. The standard InChI is InChI=1S/C14H14N4O6/c15-14-17-8-2-1-6(5-7(8)12(22)18-14)11(21)16-9(13(23)24)3-4-10(19)20/h1-2,5,9H,3-4H2,(H,16,21)(H,19,20)(H,23,24)(H3,15,17,18,22). The van der Waals surface area contributed by atoms with Gasteiger partial charge in [-0.25, -0.2) is 9.78 Å². The number of carboxylic acid groups (broad SMARTS) is 2. The van der Waals surface area contributed by atoms with E-state index in [1.807, 2.05) is 0 Å². The van der Waals surface area contributed by atoms with Crippen LogP contribution in [-0.2, 0) is 9.59 Å². The lowest BCUT2D eigenvalue weighted by Crippen LogP contribution is -2.41. The van der Waals surface area contributed by atoms with Crippen LogP contribution >= 0.6 is 0 Å². The van der Waals surface area contributed by atoms with E-state index in [9.17, 15) is 19.2 Å². The Morgan fingerprint density at radius 3 is 2.62 bits per heavy atom. The predicted molar refractivity (Wildman–Crippen MR) is 82.5 cm³/mol. The lowest BCUT2D eigenvalue weighted by molar-refractivity contribution is -0.140. The molecule has 126 valence electrons. The van der Waals surface area contributed by atoms with E-state index in [0.29, 0.717) is 0 Å². The average Bonchev–Trinajstić information content (AvgIpc) is 2.50. The Morgan fingerprint density at radius 1 is 1.29 bits per heavy atom. The molecule has 1 heterocycles. The molecule has 0 saturated carbocycles. The van der Waals surface area contributed by atoms with Gasteiger partial charge in [0.2, 0.25) is 5.95 Å². The number of fused-ring (bicyclic) bond motifs is 1. The van der Waals surface area contributed by atoms with Gasteiger partial charge in [0.1, 0.15) is 6.04 Å². The Kier molecular flexibility index (Phi) is 4.78. The highest BCUT2D eigenvalue weighted by molar-refractivity contribution is 5.99. The number of nitrogens with one attached hydrogen (secondary N) is 2. The number of aliphatic carboxylic acids is 2. The quantitative estimate of drug-likeness (QED) is 0.472. The summed E-state index contributed by atoms with van der Waals surface area (Å²) in [5.74, 6) is -3.33. The van der Waals surface area contributed by atoms with Crippen molar-refractivity contribution in [2.75, 3.05) is 5.73 Å². The van der Waals surface area contributed by atoms with Gasteiger partial charge in [0.05, 0.1) is 10.9 Å². The zero-order chi connectivity index (χ0) is 17.9. The summed E-state index contributed by atoms with van der Waals surface area (Å²) in [6, 6.07) is 2.67. The molecule has 1 aromatic heterocycles. The van der Waals surface area contributed by atoms with Crippen LogP contribution in [0.15, 0.2) is 23.0 Å². The average molecular weight is 334 g/mol. The number of aromatic nitrogens is 2. The van der Waals surface area contributed by atoms with Crippen molar-refractivity contribution in [2.24, 2.45) is 0 Å². The van der Waals surface area contributed by atoms with Crippen LogP contribution in [0.2, 0.25) is 0 Å². The Morgan fingerprint density at radius 2 is 2.00 bits per heavy atom. The number of carbonyl (C=O) groups is 3. The SMILES string of the molecule is Nc1nc2ccc(C(=O)NC(CCC(=O)O)C(=O)O)cc2c(=O)[nH]1. The molecule has 0 aliphatic carbocycles. The van der Waals surface area contributed by atoms with Crippen molar-refractivity contribution in [2.45, 2.75) is 18.9 Å². The zero-order valence-corrected chi connectivity index (χ0v) is 12.3. The second kappa shape index (κ2) is 6.77. The maximum atomic E-state index is 12.1. The van der Waals surface area contributed by atoms with Gasteiger partial charge in [0, 0.05) is 12.0 Å². The molecule has 0 bridgehead atoms. The number of carbonyl (C=O) groups excluding carboxylic acids is 1. The van der Waals surface area contributed by atoms with E-state index in [2.05, 4.69) is 15.3 Å². The van der Waals surface area contributed by atoms with Gasteiger partial charge < -0.3 is 21.3 Å². The first-order chi connectivity index (χ1) is 11.3. The molecular formula is C14H14N4O6. The van der Waals surface area contributed by atoms with Crippen molar-refractivity contribution in [3.8, 4) is 0 Å². The van der Waals surface area contributed by atoms with E-state index in [1.54, 1.807) is 0 Å². The van der Waals surface area contributed by atoms with Crippen molar-refractivity contribution in [3.05, 3.63) is 34.1 Å². The molecule has 0 aliphatic rings. The van der Waals surface area contributed by atoms with E-state index in [1.165, 1.54) is 18.2 Å². The summed E-state index contributed by atoms with van der Waals surface area (Å²) in [4.78, 5) is 51.8. The number of hydrogen-bond donors (Lipinski definition) is 5. The number of benzene rings is 1. The van der Waals surface area contributed by atoms with E-state index in [0.717, 1.165) is 0 Å². The molecule has 1 atom stereocenters. The zero-order valence-electron chi connectivity index (χ0n) is 12.3. The number of rotatable bonds is 6. The Hall–Kier alpha value is -3.43. The maximum absolute atomic E-state index is 12.1. The topological polar surface area (TPSA) is 175 Å². The smallest absolute Gasteiger partial charge is 0.326 e. The minimum Gasteiger partial charge on any atom is -0.481 e. The van der Waals surface area contributed by atoms with Crippen LogP contribution in [0.1, 0.15) is 23.2 Å². The van der Waals surface area contributed by atoms with Crippen molar-refractivity contribution in [1.29, 1.82) is 0 Å². The van der Waals surface area contributed by atoms with Crippen molar-refractivity contribution in [3.63, 3.8) is 0 Å². The number of H-pyrrole nitrogens is 1. The molecule has 2 rings (SSSR count). The summed E-state index contributed by atoms with van der Waals surface area (Å²) in [5.41, 5.74) is 5.21. The first-order valence-electron chi connectivity index (χ1n) is 6.83. The fourth-order valence-electron chi connectivity index (χ4n) is 2.06. The van der Waals surface area contributed by atoms with Crippen molar-refractivity contribution in [1.82, 2.24) is 15.3 Å². The first kappa shape index (κ1) is 16.9. The fraction of sp³-hybridized carbons (Fsp3) is 0.214. The van der Waals surface area contributed by atoms with Gasteiger partial charge in [-0.1, -0.05) is 0 Å². The van der Waals surface area contributed by atoms with Crippen LogP contribution in [-0.4, -0.2) is 44.1 Å². The second-order valence-electron chi connectivity index (χ2n) is 4.98. The molecular weight excluding hydrogens is 320 g/mol. The van der Waals surface area contributed by atoms with Gasteiger partial charge >= 0.3 is 11.9 Å². The summed E-state index contributed by atoms with van der Waals surface area (Å²) in [6.45, 7) is 0.